The van der Waals surface area contributed by atoms with E-state index in [0.29, 0.717) is 12.5 Å². The van der Waals surface area contributed by atoms with E-state index >= 15 is 0 Å². The average Bonchev–Trinajstić information content (AvgIpc) is 2.43. The summed E-state index contributed by atoms with van der Waals surface area (Å²) in [6, 6.07) is 9.49. The SMILES string of the molecule is CC(C)CCNC(=O)CCC(=O)OCc1ccccc1. The van der Waals surface area contributed by atoms with Crippen molar-refractivity contribution in [3.8, 4) is 0 Å². The van der Waals surface area contributed by atoms with Gasteiger partial charge >= 0.3 is 5.97 Å². The van der Waals surface area contributed by atoms with E-state index in [-0.39, 0.29) is 31.3 Å². The van der Waals surface area contributed by atoms with Crippen molar-refractivity contribution in [1.82, 2.24) is 5.32 Å². The highest BCUT2D eigenvalue weighted by Gasteiger charge is 2.08. The molecule has 0 aliphatic carbocycles. The number of rotatable bonds is 8. The van der Waals surface area contributed by atoms with Gasteiger partial charge in [-0.3, -0.25) is 9.59 Å². The lowest BCUT2D eigenvalue weighted by Crippen LogP contribution is -2.25. The molecule has 1 rings (SSSR count). The van der Waals surface area contributed by atoms with Crippen LogP contribution in [0.15, 0.2) is 30.3 Å². The van der Waals surface area contributed by atoms with Gasteiger partial charge in [0.2, 0.25) is 5.91 Å². The number of hydrogen-bond acceptors (Lipinski definition) is 3. The minimum atomic E-state index is -0.340. The summed E-state index contributed by atoms with van der Waals surface area (Å²) < 4.78 is 5.10. The molecule has 0 heterocycles. The topological polar surface area (TPSA) is 55.4 Å². The third kappa shape index (κ3) is 7.56. The predicted octanol–water partition coefficient (Wildman–Crippen LogP) is 2.67. The van der Waals surface area contributed by atoms with E-state index in [9.17, 15) is 9.59 Å². The van der Waals surface area contributed by atoms with Crippen LogP contribution in [0.3, 0.4) is 0 Å². The third-order valence-electron chi connectivity index (χ3n) is 2.84. The number of carbonyl (C=O) groups excluding carboxylic acids is 2. The minimum absolute atomic E-state index is 0.0951. The molecule has 110 valence electrons. The molecule has 0 saturated heterocycles. The van der Waals surface area contributed by atoms with Gasteiger partial charge in [-0.1, -0.05) is 44.2 Å². The van der Waals surface area contributed by atoms with E-state index in [2.05, 4.69) is 19.2 Å². The summed E-state index contributed by atoms with van der Waals surface area (Å²) in [6.45, 7) is 5.13. The Hall–Kier alpha value is -1.84. The van der Waals surface area contributed by atoms with Gasteiger partial charge in [0.25, 0.3) is 0 Å². The predicted molar refractivity (Wildman–Crippen MR) is 77.9 cm³/mol. The normalized spacial score (nSPS) is 10.3. The van der Waals surface area contributed by atoms with Gasteiger partial charge in [-0.15, -0.1) is 0 Å². The van der Waals surface area contributed by atoms with Crippen molar-refractivity contribution >= 4 is 11.9 Å². The van der Waals surface area contributed by atoms with Crippen molar-refractivity contribution in [1.29, 1.82) is 0 Å². The van der Waals surface area contributed by atoms with Crippen LogP contribution in [-0.2, 0) is 20.9 Å². The van der Waals surface area contributed by atoms with Gasteiger partial charge in [0, 0.05) is 13.0 Å². The van der Waals surface area contributed by atoms with Crippen molar-refractivity contribution in [3.05, 3.63) is 35.9 Å². The molecule has 0 atom stereocenters. The van der Waals surface area contributed by atoms with Crippen LogP contribution < -0.4 is 5.32 Å². The first kappa shape index (κ1) is 16.2. The van der Waals surface area contributed by atoms with E-state index in [1.807, 2.05) is 30.3 Å². The molecule has 0 bridgehead atoms. The fourth-order valence-electron chi connectivity index (χ4n) is 1.61. The summed E-state index contributed by atoms with van der Waals surface area (Å²) in [5.74, 6) is 0.126. The fraction of sp³-hybridized carbons (Fsp3) is 0.500. The van der Waals surface area contributed by atoms with Crippen molar-refractivity contribution < 1.29 is 14.3 Å². The quantitative estimate of drug-likeness (QED) is 0.743. The second-order valence-corrected chi connectivity index (χ2v) is 5.18. The zero-order chi connectivity index (χ0) is 14.8. The average molecular weight is 277 g/mol. The molecule has 20 heavy (non-hydrogen) atoms. The molecule has 1 aromatic rings. The molecular weight excluding hydrogens is 254 g/mol. The van der Waals surface area contributed by atoms with Crippen LogP contribution in [0.1, 0.15) is 38.7 Å². The lowest BCUT2D eigenvalue weighted by Gasteiger charge is -2.07. The van der Waals surface area contributed by atoms with Crippen LogP contribution in [0.5, 0.6) is 0 Å². The number of esters is 1. The van der Waals surface area contributed by atoms with E-state index in [4.69, 9.17) is 4.74 Å². The largest absolute Gasteiger partial charge is 0.461 e. The first-order valence-corrected chi connectivity index (χ1v) is 7.04. The van der Waals surface area contributed by atoms with Crippen LogP contribution in [0.25, 0.3) is 0 Å². The smallest absolute Gasteiger partial charge is 0.306 e. The lowest BCUT2D eigenvalue weighted by molar-refractivity contribution is -0.146. The third-order valence-corrected chi connectivity index (χ3v) is 2.84. The van der Waals surface area contributed by atoms with Gasteiger partial charge in [0.05, 0.1) is 6.42 Å². The first-order chi connectivity index (χ1) is 9.58. The Morgan fingerprint density at radius 1 is 1.15 bits per heavy atom. The summed E-state index contributed by atoms with van der Waals surface area (Å²) in [6.07, 6.45) is 1.26. The monoisotopic (exact) mass is 277 g/mol. The van der Waals surface area contributed by atoms with Crippen molar-refractivity contribution in [2.24, 2.45) is 5.92 Å². The van der Waals surface area contributed by atoms with E-state index in [0.717, 1.165) is 12.0 Å². The molecule has 4 nitrogen and oxygen atoms in total. The van der Waals surface area contributed by atoms with Crippen LogP contribution in [0.4, 0.5) is 0 Å². The fourth-order valence-corrected chi connectivity index (χ4v) is 1.61. The number of nitrogens with one attached hydrogen (secondary N) is 1. The molecule has 1 amide bonds. The zero-order valence-corrected chi connectivity index (χ0v) is 12.2. The Morgan fingerprint density at radius 3 is 2.50 bits per heavy atom. The second kappa shape index (κ2) is 9.13. The standard InChI is InChI=1S/C16H23NO3/c1-13(2)10-11-17-15(18)8-9-16(19)20-12-14-6-4-3-5-7-14/h3-7,13H,8-12H2,1-2H3,(H,17,18). The van der Waals surface area contributed by atoms with Crippen LogP contribution in [0.2, 0.25) is 0 Å². The number of amides is 1. The minimum Gasteiger partial charge on any atom is -0.461 e. The highest BCUT2D eigenvalue weighted by molar-refractivity contribution is 5.81. The Labute approximate surface area is 120 Å². The first-order valence-electron chi connectivity index (χ1n) is 7.04. The van der Waals surface area contributed by atoms with E-state index < -0.39 is 0 Å². The van der Waals surface area contributed by atoms with Gasteiger partial charge in [-0.2, -0.15) is 0 Å². The Bertz CT molecular complexity index is 415. The number of ether oxygens (including phenoxy) is 1. The van der Waals surface area contributed by atoms with Crippen LogP contribution in [0, 0.1) is 5.92 Å². The second-order valence-electron chi connectivity index (χ2n) is 5.18. The molecule has 0 fully saturated rings. The van der Waals surface area contributed by atoms with E-state index in [1.54, 1.807) is 0 Å². The lowest BCUT2D eigenvalue weighted by atomic mass is 10.1. The van der Waals surface area contributed by atoms with Crippen molar-refractivity contribution in [3.63, 3.8) is 0 Å². The summed E-state index contributed by atoms with van der Waals surface area (Å²) in [5, 5.41) is 2.80. The summed E-state index contributed by atoms with van der Waals surface area (Å²) in [4.78, 5) is 23.0. The maximum atomic E-state index is 11.5. The van der Waals surface area contributed by atoms with Crippen LogP contribution in [-0.4, -0.2) is 18.4 Å². The maximum Gasteiger partial charge on any atom is 0.306 e. The molecule has 0 saturated carbocycles. The zero-order valence-electron chi connectivity index (χ0n) is 12.2. The molecule has 0 spiro atoms. The van der Waals surface area contributed by atoms with Gasteiger partial charge < -0.3 is 10.1 Å². The molecule has 1 N–H and O–H groups in total. The molecule has 1 aromatic carbocycles. The Balaban J connectivity index is 2.12. The summed E-state index contributed by atoms with van der Waals surface area (Å²) in [7, 11) is 0. The van der Waals surface area contributed by atoms with Crippen LogP contribution >= 0.6 is 0 Å². The highest BCUT2D eigenvalue weighted by atomic mass is 16.5. The number of benzene rings is 1. The summed E-state index contributed by atoms with van der Waals surface area (Å²) >= 11 is 0. The maximum absolute atomic E-state index is 11.5. The molecule has 0 aliphatic rings. The van der Waals surface area contributed by atoms with Gasteiger partial charge in [0.1, 0.15) is 6.61 Å². The highest BCUT2D eigenvalue weighted by Crippen LogP contribution is 2.03. The van der Waals surface area contributed by atoms with Crippen molar-refractivity contribution in [2.75, 3.05) is 6.54 Å². The number of hydrogen-bond donors (Lipinski definition) is 1. The Morgan fingerprint density at radius 2 is 1.85 bits per heavy atom. The van der Waals surface area contributed by atoms with Gasteiger partial charge in [0.15, 0.2) is 0 Å². The molecular formula is C16H23NO3. The number of carbonyl (C=O) groups is 2. The molecule has 4 heteroatoms. The molecule has 0 radical (unpaired) electrons. The summed E-state index contributed by atoms with van der Waals surface area (Å²) in [5.41, 5.74) is 0.947. The van der Waals surface area contributed by atoms with E-state index in [1.165, 1.54) is 0 Å². The molecule has 0 aliphatic heterocycles. The molecule has 0 unspecified atom stereocenters. The molecule has 0 aromatic heterocycles. The Kier molecular flexibility index (Phi) is 7.40. The van der Waals surface area contributed by atoms with Gasteiger partial charge in [-0.05, 0) is 17.9 Å². The van der Waals surface area contributed by atoms with Gasteiger partial charge in [-0.25, -0.2) is 0 Å². The van der Waals surface area contributed by atoms with Crippen molar-refractivity contribution in [2.45, 2.75) is 39.7 Å².